The van der Waals surface area contributed by atoms with Crippen molar-refractivity contribution in [2.24, 2.45) is 0 Å². The molecular formula is C23H21ClN2O2S. The number of para-hydroxylation sites is 1. The van der Waals surface area contributed by atoms with Crippen molar-refractivity contribution < 1.29 is 9.59 Å². The van der Waals surface area contributed by atoms with Crippen molar-refractivity contribution in [3.63, 3.8) is 0 Å². The van der Waals surface area contributed by atoms with Gasteiger partial charge in [0, 0.05) is 12.1 Å². The fourth-order valence-electron chi connectivity index (χ4n) is 2.92. The maximum absolute atomic E-state index is 12.6. The number of hydrogen-bond donors (Lipinski definition) is 2. The number of rotatable bonds is 7. The minimum atomic E-state index is -0.239. The summed E-state index contributed by atoms with van der Waals surface area (Å²) >= 11 is 7.55. The van der Waals surface area contributed by atoms with Crippen LogP contribution in [0.3, 0.4) is 0 Å². The second kappa shape index (κ2) is 10.1. The van der Waals surface area contributed by atoms with Crippen LogP contribution in [0.2, 0.25) is 5.02 Å². The summed E-state index contributed by atoms with van der Waals surface area (Å²) in [6.07, 6.45) is 0. The van der Waals surface area contributed by atoms with Crippen molar-refractivity contribution >= 4 is 40.9 Å². The van der Waals surface area contributed by atoms with Crippen molar-refractivity contribution in [2.75, 3.05) is 18.1 Å². The summed E-state index contributed by atoms with van der Waals surface area (Å²) in [5.74, 6) is -0.164. The van der Waals surface area contributed by atoms with E-state index in [0.717, 1.165) is 11.1 Å². The quantitative estimate of drug-likeness (QED) is 0.550. The number of carbonyl (C=O) groups excluding carboxylic acids is 2. The predicted molar refractivity (Wildman–Crippen MR) is 121 cm³/mol. The van der Waals surface area contributed by atoms with Gasteiger partial charge in [-0.05, 0) is 35.4 Å². The van der Waals surface area contributed by atoms with E-state index in [2.05, 4.69) is 10.6 Å². The molecule has 3 rings (SSSR count). The van der Waals surface area contributed by atoms with Gasteiger partial charge in [-0.1, -0.05) is 66.2 Å². The number of anilines is 1. The molecule has 0 saturated heterocycles. The van der Waals surface area contributed by atoms with E-state index >= 15 is 0 Å². The van der Waals surface area contributed by atoms with Crippen LogP contribution in [0.4, 0.5) is 5.69 Å². The number of carbonyl (C=O) groups is 2. The van der Waals surface area contributed by atoms with Gasteiger partial charge in [0.05, 0.1) is 22.3 Å². The van der Waals surface area contributed by atoms with Crippen molar-refractivity contribution in [3.8, 4) is 0 Å². The molecule has 0 aliphatic carbocycles. The summed E-state index contributed by atoms with van der Waals surface area (Å²) in [7, 11) is 1.56. The van der Waals surface area contributed by atoms with Crippen LogP contribution in [0.15, 0.2) is 78.9 Å². The molecule has 0 saturated carbocycles. The van der Waals surface area contributed by atoms with E-state index in [-0.39, 0.29) is 22.8 Å². The average molecular weight is 425 g/mol. The normalized spacial score (nSPS) is 11.5. The third-order valence-corrected chi connectivity index (χ3v) is 5.89. The van der Waals surface area contributed by atoms with E-state index in [1.807, 2.05) is 54.6 Å². The van der Waals surface area contributed by atoms with Crippen LogP contribution < -0.4 is 10.6 Å². The van der Waals surface area contributed by atoms with Crippen LogP contribution in [-0.4, -0.2) is 24.6 Å². The predicted octanol–water partition coefficient (Wildman–Crippen LogP) is 5.16. The fraction of sp³-hybridized carbons (Fsp3) is 0.130. The lowest BCUT2D eigenvalue weighted by Crippen LogP contribution is -2.22. The number of benzene rings is 3. The second-order valence-corrected chi connectivity index (χ2v) is 7.86. The highest BCUT2D eigenvalue weighted by atomic mass is 35.5. The first-order valence-electron chi connectivity index (χ1n) is 9.11. The SMILES string of the molecule is CNC(=O)c1ccccc1NC(=O)CSC(c1ccccc1)c1ccc(Cl)cc1. The highest BCUT2D eigenvalue weighted by Gasteiger charge is 2.18. The molecule has 0 aliphatic heterocycles. The Hall–Kier alpha value is -2.76. The summed E-state index contributed by atoms with van der Waals surface area (Å²) in [4.78, 5) is 24.6. The van der Waals surface area contributed by atoms with Crippen LogP contribution >= 0.6 is 23.4 Å². The molecule has 0 bridgehead atoms. The third kappa shape index (κ3) is 5.62. The minimum Gasteiger partial charge on any atom is -0.355 e. The lowest BCUT2D eigenvalue weighted by atomic mass is 10.0. The Balaban J connectivity index is 1.74. The molecule has 1 unspecified atom stereocenters. The molecule has 0 aliphatic rings. The summed E-state index contributed by atoms with van der Waals surface area (Å²) in [5, 5.41) is 6.11. The van der Waals surface area contributed by atoms with Crippen LogP contribution in [0.25, 0.3) is 0 Å². The van der Waals surface area contributed by atoms with Crippen molar-refractivity contribution in [1.29, 1.82) is 0 Å². The van der Waals surface area contributed by atoms with Crippen LogP contribution in [0, 0.1) is 0 Å². The van der Waals surface area contributed by atoms with Gasteiger partial charge in [0.1, 0.15) is 0 Å². The Kier molecular flexibility index (Phi) is 7.33. The molecule has 0 radical (unpaired) electrons. The number of halogens is 1. The molecule has 0 heterocycles. The van der Waals surface area contributed by atoms with Gasteiger partial charge in [0.2, 0.25) is 5.91 Å². The van der Waals surface area contributed by atoms with Gasteiger partial charge in [-0.25, -0.2) is 0 Å². The number of hydrogen-bond acceptors (Lipinski definition) is 3. The lowest BCUT2D eigenvalue weighted by Gasteiger charge is -2.18. The van der Waals surface area contributed by atoms with E-state index < -0.39 is 0 Å². The Bertz CT molecular complexity index is 978. The smallest absolute Gasteiger partial charge is 0.253 e. The summed E-state index contributed by atoms with van der Waals surface area (Å²) < 4.78 is 0. The van der Waals surface area contributed by atoms with Crippen molar-refractivity contribution in [3.05, 3.63) is 101 Å². The Morgan fingerprint density at radius 2 is 1.52 bits per heavy atom. The standard InChI is InChI=1S/C23H21ClN2O2S/c1-25-23(28)19-9-5-6-10-20(19)26-21(27)15-29-22(16-7-3-2-4-8-16)17-11-13-18(24)14-12-17/h2-14,22H,15H2,1H3,(H,25,28)(H,26,27). The molecule has 148 valence electrons. The summed E-state index contributed by atoms with van der Waals surface area (Å²) in [6.45, 7) is 0. The zero-order valence-electron chi connectivity index (χ0n) is 15.9. The average Bonchev–Trinajstić information content (AvgIpc) is 2.75. The Morgan fingerprint density at radius 1 is 0.897 bits per heavy atom. The zero-order valence-corrected chi connectivity index (χ0v) is 17.5. The zero-order chi connectivity index (χ0) is 20.6. The van der Waals surface area contributed by atoms with Crippen molar-refractivity contribution in [1.82, 2.24) is 5.32 Å². The minimum absolute atomic E-state index is 0.00611. The molecule has 3 aromatic carbocycles. The first-order chi connectivity index (χ1) is 14.1. The maximum Gasteiger partial charge on any atom is 0.253 e. The summed E-state index contributed by atoms with van der Waals surface area (Å²) in [6, 6.07) is 24.7. The van der Waals surface area contributed by atoms with Gasteiger partial charge >= 0.3 is 0 Å². The Labute approximate surface area is 179 Å². The highest BCUT2D eigenvalue weighted by molar-refractivity contribution is 8.00. The van der Waals surface area contributed by atoms with Gasteiger partial charge in [-0.15, -0.1) is 11.8 Å². The highest BCUT2D eigenvalue weighted by Crippen LogP contribution is 2.36. The van der Waals surface area contributed by atoms with Gasteiger partial charge in [0.25, 0.3) is 5.91 Å². The number of nitrogens with one attached hydrogen (secondary N) is 2. The topological polar surface area (TPSA) is 58.2 Å². The Morgan fingerprint density at radius 3 is 2.21 bits per heavy atom. The fourth-order valence-corrected chi connectivity index (χ4v) is 4.14. The lowest BCUT2D eigenvalue weighted by molar-refractivity contribution is -0.113. The van der Waals surface area contributed by atoms with Gasteiger partial charge in [-0.2, -0.15) is 0 Å². The van der Waals surface area contributed by atoms with Gasteiger partial charge in [-0.3, -0.25) is 9.59 Å². The monoisotopic (exact) mass is 424 g/mol. The molecule has 0 fully saturated rings. The van der Waals surface area contributed by atoms with E-state index in [1.54, 1.807) is 31.3 Å². The van der Waals surface area contributed by atoms with E-state index in [1.165, 1.54) is 11.8 Å². The van der Waals surface area contributed by atoms with Gasteiger partial charge in [0.15, 0.2) is 0 Å². The third-order valence-electron chi connectivity index (χ3n) is 4.33. The molecule has 29 heavy (non-hydrogen) atoms. The van der Waals surface area contributed by atoms with E-state index in [4.69, 9.17) is 11.6 Å². The largest absolute Gasteiger partial charge is 0.355 e. The molecule has 2 N–H and O–H groups in total. The van der Waals surface area contributed by atoms with E-state index in [0.29, 0.717) is 16.3 Å². The van der Waals surface area contributed by atoms with Crippen molar-refractivity contribution in [2.45, 2.75) is 5.25 Å². The first kappa shape index (κ1) is 21.0. The maximum atomic E-state index is 12.6. The molecule has 1 atom stereocenters. The molecule has 0 aromatic heterocycles. The molecular weight excluding hydrogens is 404 g/mol. The molecule has 6 heteroatoms. The van der Waals surface area contributed by atoms with Gasteiger partial charge < -0.3 is 10.6 Å². The first-order valence-corrected chi connectivity index (χ1v) is 10.5. The molecule has 0 spiro atoms. The van der Waals surface area contributed by atoms with E-state index in [9.17, 15) is 9.59 Å². The van der Waals surface area contributed by atoms with Crippen LogP contribution in [0.5, 0.6) is 0 Å². The molecule has 2 amide bonds. The van der Waals surface area contributed by atoms with Crippen LogP contribution in [0.1, 0.15) is 26.7 Å². The summed E-state index contributed by atoms with van der Waals surface area (Å²) in [5.41, 5.74) is 3.12. The molecule has 3 aromatic rings. The molecule has 4 nitrogen and oxygen atoms in total. The number of thioether (sulfide) groups is 1. The second-order valence-electron chi connectivity index (χ2n) is 6.33. The number of amides is 2. The van der Waals surface area contributed by atoms with Crippen LogP contribution in [-0.2, 0) is 4.79 Å².